The second kappa shape index (κ2) is 5.61. The molecule has 0 saturated carbocycles. The number of carbonyl (C=O) groups is 1. The van der Waals surface area contributed by atoms with Gasteiger partial charge in [0, 0.05) is 25.2 Å². The molecule has 0 unspecified atom stereocenters. The van der Waals surface area contributed by atoms with Crippen molar-refractivity contribution in [1.82, 2.24) is 10.2 Å². The van der Waals surface area contributed by atoms with Crippen molar-refractivity contribution in [3.05, 3.63) is 29.8 Å². The van der Waals surface area contributed by atoms with E-state index in [0.29, 0.717) is 6.42 Å². The van der Waals surface area contributed by atoms with E-state index in [9.17, 15) is 4.79 Å². The summed E-state index contributed by atoms with van der Waals surface area (Å²) in [5.41, 5.74) is 0.919. The molecule has 2 rings (SSSR count). The first-order chi connectivity index (χ1) is 9.03. The van der Waals surface area contributed by atoms with Gasteiger partial charge in [-0.2, -0.15) is 0 Å². The van der Waals surface area contributed by atoms with Gasteiger partial charge in [-0.15, -0.1) is 0 Å². The summed E-state index contributed by atoms with van der Waals surface area (Å²) < 4.78 is 5.12. The maximum atomic E-state index is 12.4. The van der Waals surface area contributed by atoms with Crippen LogP contribution in [0.1, 0.15) is 19.4 Å². The number of piperazine rings is 1. The molecular formula is C15H22N2O2. The van der Waals surface area contributed by atoms with Crippen LogP contribution >= 0.6 is 0 Å². The Balaban J connectivity index is 2.03. The fourth-order valence-corrected chi connectivity index (χ4v) is 2.46. The fraction of sp³-hybridized carbons (Fsp3) is 0.533. The number of ether oxygens (including phenoxy) is 1. The molecule has 4 nitrogen and oxygen atoms in total. The number of hydrogen-bond donors (Lipinski definition) is 1. The highest BCUT2D eigenvalue weighted by molar-refractivity contribution is 5.79. The molecule has 1 aliphatic rings. The van der Waals surface area contributed by atoms with E-state index in [0.717, 1.165) is 30.9 Å². The standard InChI is InChI=1S/C15H22N2O2/c1-15(2)11-16-8-9-17(15)14(18)10-12-4-6-13(19-3)7-5-12/h4-7,16H,8-11H2,1-3H3. The third-order valence-corrected chi connectivity index (χ3v) is 3.62. The van der Waals surface area contributed by atoms with Crippen LogP contribution in [0, 0.1) is 0 Å². The van der Waals surface area contributed by atoms with Gasteiger partial charge in [0.15, 0.2) is 0 Å². The van der Waals surface area contributed by atoms with Crippen LogP contribution in [0.3, 0.4) is 0 Å². The predicted octanol–water partition coefficient (Wildman–Crippen LogP) is 1.45. The highest BCUT2D eigenvalue weighted by Crippen LogP contribution is 2.19. The van der Waals surface area contributed by atoms with Gasteiger partial charge in [0.2, 0.25) is 5.91 Å². The van der Waals surface area contributed by atoms with Gasteiger partial charge < -0.3 is 15.0 Å². The smallest absolute Gasteiger partial charge is 0.227 e. The van der Waals surface area contributed by atoms with E-state index < -0.39 is 0 Å². The quantitative estimate of drug-likeness (QED) is 0.896. The first-order valence-corrected chi connectivity index (χ1v) is 6.67. The van der Waals surface area contributed by atoms with E-state index in [4.69, 9.17) is 4.74 Å². The van der Waals surface area contributed by atoms with Gasteiger partial charge in [-0.25, -0.2) is 0 Å². The summed E-state index contributed by atoms with van der Waals surface area (Å²) in [6, 6.07) is 7.69. The predicted molar refractivity (Wildman–Crippen MR) is 75.4 cm³/mol. The molecule has 1 N–H and O–H groups in total. The molecule has 0 spiro atoms. The van der Waals surface area contributed by atoms with E-state index in [2.05, 4.69) is 19.2 Å². The average molecular weight is 262 g/mol. The first-order valence-electron chi connectivity index (χ1n) is 6.67. The zero-order chi connectivity index (χ0) is 13.9. The maximum Gasteiger partial charge on any atom is 0.227 e. The van der Waals surface area contributed by atoms with Crippen LogP contribution in [0.5, 0.6) is 5.75 Å². The molecule has 4 heteroatoms. The van der Waals surface area contributed by atoms with E-state index >= 15 is 0 Å². The lowest BCUT2D eigenvalue weighted by Gasteiger charge is -2.43. The Morgan fingerprint density at radius 2 is 2.05 bits per heavy atom. The van der Waals surface area contributed by atoms with Crippen molar-refractivity contribution in [2.75, 3.05) is 26.7 Å². The minimum absolute atomic E-state index is 0.109. The molecule has 0 radical (unpaired) electrons. The molecule has 1 aromatic rings. The lowest BCUT2D eigenvalue weighted by molar-refractivity contribution is -0.136. The van der Waals surface area contributed by atoms with Crippen molar-refractivity contribution in [2.45, 2.75) is 25.8 Å². The molecule has 0 bridgehead atoms. The lowest BCUT2D eigenvalue weighted by Crippen LogP contribution is -2.60. The minimum Gasteiger partial charge on any atom is -0.497 e. The van der Waals surface area contributed by atoms with Crippen molar-refractivity contribution < 1.29 is 9.53 Å². The Bertz CT molecular complexity index is 440. The van der Waals surface area contributed by atoms with Crippen molar-refractivity contribution in [1.29, 1.82) is 0 Å². The maximum absolute atomic E-state index is 12.4. The SMILES string of the molecule is COc1ccc(CC(=O)N2CCNCC2(C)C)cc1. The van der Waals surface area contributed by atoms with Crippen LogP contribution in [0.4, 0.5) is 0 Å². The van der Waals surface area contributed by atoms with Crippen LogP contribution in [-0.2, 0) is 11.2 Å². The molecule has 104 valence electrons. The van der Waals surface area contributed by atoms with Crippen molar-refractivity contribution in [3.63, 3.8) is 0 Å². The largest absolute Gasteiger partial charge is 0.497 e. The molecule has 1 heterocycles. The summed E-state index contributed by atoms with van der Waals surface area (Å²) in [7, 11) is 1.64. The van der Waals surface area contributed by atoms with Gasteiger partial charge in [0.05, 0.1) is 13.5 Å². The minimum atomic E-state index is -0.109. The summed E-state index contributed by atoms with van der Waals surface area (Å²) in [5, 5.41) is 3.33. The van der Waals surface area contributed by atoms with Gasteiger partial charge in [0.25, 0.3) is 0 Å². The molecule has 1 fully saturated rings. The highest BCUT2D eigenvalue weighted by atomic mass is 16.5. The average Bonchev–Trinajstić information content (AvgIpc) is 2.39. The zero-order valence-corrected chi connectivity index (χ0v) is 11.9. The van der Waals surface area contributed by atoms with E-state index in [-0.39, 0.29) is 11.4 Å². The zero-order valence-electron chi connectivity index (χ0n) is 11.9. The van der Waals surface area contributed by atoms with Crippen molar-refractivity contribution >= 4 is 5.91 Å². The molecule has 19 heavy (non-hydrogen) atoms. The van der Waals surface area contributed by atoms with Crippen molar-refractivity contribution in [2.24, 2.45) is 0 Å². The number of carbonyl (C=O) groups excluding carboxylic acids is 1. The van der Waals surface area contributed by atoms with Gasteiger partial charge >= 0.3 is 0 Å². The van der Waals surface area contributed by atoms with Gasteiger partial charge in [-0.05, 0) is 31.5 Å². The molecule has 1 aliphatic heterocycles. The molecule has 1 aromatic carbocycles. The lowest BCUT2D eigenvalue weighted by atomic mass is 9.99. The molecule has 0 aliphatic carbocycles. The van der Waals surface area contributed by atoms with Crippen LogP contribution < -0.4 is 10.1 Å². The number of methoxy groups -OCH3 is 1. The number of nitrogens with one attached hydrogen (secondary N) is 1. The summed E-state index contributed by atoms with van der Waals surface area (Å²) >= 11 is 0. The van der Waals surface area contributed by atoms with Crippen LogP contribution in [0.15, 0.2) is 24.3 Å². The van der Waals surface area contributed by atoms with E-state index in [1.807, 2.05) is 29.2 Å². The number of nitrogens with zero attached hydrogens (tertiary/aromatic N) is 1. The topological polar surface area (TPSA) is 41.6 Å². The molecule has 1 amide bonds. The molecule has 0 atom stereocenters. The third kappa shape index (κ3) is 3.26. The Labute approximate surface area is 114 Å². The van der Waals surface area contributed by atoms with Gasteiger partial charge in [0.1, 0.15) is 5.75 Å². The molecule has 0 aromatic heterocycles. The summed E-state index contributed by atoms with van der Waals surface area (Å²) in [4.78, 5) is 14.4. The molecule has 1 saturated heterocycles. The Morgan fingerprint density at radius 3 is 2.63 bits per heavy atom. The third-order valence-electron chi connectivity index (χ3n) is 3.62. The van der Waals surface area contributed by atoms with E-state index in [1.54, 1.807) is 7.11 Å². The second-order valence-corrected chi connectivity index (χ2v) is 5.56. The fourth-order valence-electron chi connectivity index (χ4n) is 2.46. The Morgan fingerprint density at radius 1 is 1.37 bits per heavy atom. The highest BCUT2D eigenvalue weighted by Gasteiger charge is 2.32. The van der Waals surface area contributed by atoms with Crippen LogP contribution in [-0.4, -0.2) is 43.1 Å². The van der Waals surface area contributed by atoms with Gasteiger partial charge in [-0.1, -0.05) is 12.1 Å². The van der Waals surface area contributed by atoms with Crippen LogP contribution in [0.25, 0.3) is 0 Å². The second-order valence-electron chi connectivity index (χ2n) is 5.56. The molecular weight excluding hydrogens is 240 g/mol. The van der Waals surface area contributed by atoms with E-state index in [1.165, 1.54) is 0 Å². The Hall–Kier alpha value is -1.55. The number of rotatable bonds is 3. The Kier molecular flexibility index (Phi) is 4.10. The monoisotopic (exact) mass is 262 g/mol. The summed E-state index contributed by atoms with van der Waals surface area (Å²) in [5.74, 6) is 1.01. The van der Waals surface area contributed by atoms with Gasteiger partial charge in [-0.3, -0.25) is 4.79 Å². The first kappa shape index (κ1) is 13.9. The van der Waals surface area contributed by atoms with Crippen LogP contribution in [0.2, 0.25) is 0 Å². The summed E-state index contributed by atoms with van der Waals surface area (Å²) in [6.07, 6.45) is 0.452. The van der Waals surface area contributed by atoms with Crippen molar-refractivity contribution in [3.8, 4) is 5.75 Å². The number of amides is 1. The number of hydrogen-bond acceptors (Lipinski definition) is 3. The number of benzene rings is 1. The summed E-state index contributed by atoms with van der Waals surface area (Å²) in [6.45, 7) is 6.71. The normalized spacial score (nSPS) is 18.2.